The molecule has 1 saturated heterocycles. The summed E-state index contributed by atoms with van der Waals surface area (Å²) in [5.41, 5.74) is -1.68. The van der Waals surface area contributed by atoms with E-state index < -0.39 is 52.8 Å². The number of fused-ring (bicyclic) bond motifs is 2. The molecule has 0 spiro atoms. The first-order chi connectivity index (χ1) is 11.7. The lowest BCUT2D eigenvalue weighted by Crippen LogP contribution is -2.69. The molecular weight excluding hydrogens is 328 g/mol. The van der Waals surface area contributed by atoms with E-state index in [9.17, 15) is 24.9 Å². The van der Waals surface area contributed by atoms with Crippen LogP contribution in [0, 0.1) is 11.3 Å². The SMILES string of the molecule is CCc1oc(=O)cc2c1C[C@H]1OC(=O)[C@@]3(C)C(O)C(O)C(O)[C@@]2(C)[C@@H]13. The minimum absolute atomic E-state index is 0.361. The van der Waals surface area contributed by atoms with E-state index in [0.29, 0.717) is 24.2 Å². The smallest absolute Gasteiger partial charge is 0.336 e. The van der Waals surface area contributed by atoms with Crippen molar-refractivity contribution in [3.63, 3.8) is 0 Å². The van der Waals surface area contributed by atoms with Crippen molar-refractivity contribution < 1.29 is 29.3 Å². The fourth-order valence-corrected chi connectivity index (χ4v) is 5.47. The maximum atomic E-state index is 12.6. The fraction of sp³-hybridized carbons (Fsp3) is 0.667. The van der Waals surface area contributed by atoms with Gasteiger partial charge in [0, 0.05) is 30.2 Å². The van der Waals surface area contributed by atoms with Crippen LogP contribution in [0.4, 0.5) is 0 Å². The van der Waals surface area contributed by atoms with Crippen molar-refractivity contribution in [1.29, 1.82) is 0 Å². The summed E-state index contributed by atoms with van der Waals surface area (Å²) < 4.78 is 10.9. The molecule has 4 rings (SSSR count). The van der Waals surface area contributed by atoms with Crippen LogP contribution in [0.15, 0.2) is 15.3 Å². The molecule has 1 aliphatic heterocycles. The number of aliphatic hydroxyl groups excluding tert-OH is 3. The molecule has 1 aromatic heterocycles. The number of carbonyl (C=O) groups excluding carboxylic acids is 1. The Hall–Kier alpha value is -1.70. The summed E-state index contributed by atoms with van der Waals surface area (Å²) in [6.07, 6.45) is -4.02. The zero-order valence-corrected chi connectivity index (χ0v) is 14.4. The van der Waals surface area contributed by atoms with Gasteiger partial charge in [0.15, 0.2) is 0 Å². The summed E-state index contributed by atoms with van der Waals surface area (Å²) in [4.78, 5) is 24.6. The molecule has 0 radical (unpaired) electrons. The maximum Gasteiger partial charge on any atom is 0.336 e. The van der Waals surface area contributed by atoms with Crippen LogP contribution in [0.1, 0.15) is 37.7 Å². The van der Waals surface area contributed by atoms with Gasteiger partial charge in [-0.05, 0) is 18.1 Å². The predicted octanol–water partition coefficient (Wildman–Crippen LogP) is -0.340. The summed E-state index contributed by atoms with van der Waals surface area (Å²) in [5, 5.41) is 31.9. The molecule has 7 heteroatoms. The van der Waals surface area contributed by atoms with Crippen molar-refractivity contribution in [2.24, 2.45) is 11.3 Å². The highest BCUT2D eigenvalue weighted by Crippen LogP contribution is 2.61. The van der Waals surface area contributed by atoms with Gasteiger partial charge in [0.05, 0.1) is 12.2 Å². The molecule has 1 saturated carbocycles. The van der Waals surface area contributed by atoms with E-state index >= 15 is 0 Å². The Kier molecular flexibility index (Phi) is 3.30. The van der Waals surface area contributed by atoms with Crippen LogP contribution in [-0.2, 0) is 27.8 Å². The lowest BCUT2D eigenvalue weighted by molar-refractivity contribution is -0.197. The highest BCUT2D eigenvalue weighted by molar-refractivity contribution is 5.82. The van der Waals surface area contributed by atoms with E-state index in [0.717, 1.165) is 5.56 Å². The van der Waals surface area contributed by atoms with Gasteiger partial charge in [0.2, 0.25) is 0 Å². The van der Waals surface area contributed by atoms with Crippen LogP contribution in [0.25, 0.3) is 0 Å². The van der Waals surface area contributed by atoms with Crippen LogP contribution in [0.3, 0.4) is 0 Å². The Morgan fingerprint density at radius 3 is 2.44 bits per heavy atom. The van der Waals surface area contributed by atoms with Gasteiger partial charge in [0.25, 0.3) is 0 Å². The fourth-order valence-electron chi connectivity index (χ4n) is 5.47. The first-order valence-corrected chi connectivity index (χ1v) is 8.59. The molecule has 0 aromatic carbocycles. The number of aryl methyl sites for hydroxylation is 1. The molecule has 25 heavy (non-hydrogen) atoms. The van der Waals surface area contributed by atoms with E-state index in [1.165, 1.54) is 6.07 Å². The average Bonchev–Trinajstić information content (AvgIpc) is 2.84. The van der Waals surface area contributed by atoms with Gasteiger partial charge >= 0.3 is 11.6 Å². The third-order valence-corrected chi connectivity index (χ3v) is 6.69. The summed E-state index contributed by atoms with van der Waals surface area (Å²) in [7, 11) is 0. The van der Waals surface area contributed by atoms with E-state index in [4.69, 9.17) is 9.15 Å². The number of aliphatic hydroxyl groups is 3. The molecule has 2 aliphatic carbocycles. The molecule has 136 valence electrons. The molecule has 3 aliphatic rings. The Bertz CT molecular complexity index is 814. The number of hydrogen-bond acceptors (Lipinski definition) is 7. The lowest BCUT2D eigenvalue weighted by atomic mass is 9.47. The molecule has 2 heterocycles. The maximum absolute atomic E-state index is 12.6. The van der Waals surface area contributed by atoms with Crippen LogP contribution < -0.4 is 5.63 Å². The van der Waals surface area contributed by atoms with Gasteiger partial charge in [-0.3, -0.25) is 4.79 Å². The number of rotatable bonds is 1. The zero-order valence-electron chi connectivity index (χ0n) is 14.4. The molecule has 3 unspecified atom stereocenters. The van der Waals surface area contributed by atoms with E-state index in [1.54, 1.807) is 13.8 Å². The number of carbonyl (C=O) groups is 1. The molecule has 7 nitrogen and oxygen atoms in total. The largest absolute Gasteiger partial charge is 0.461 e. The molecule has 3 N–H and O–H groups in total. The topological polar surface area (TPSA) is 117 Å². The average molecular weight is 350 g/mol. The zero-order chi connectivity index (χ0) is 18.3. The van der Waals surface area contributed by atoms with Gasteiger partial charge < -0.3 is 24.5 Å². The number of ether oxygens (including phenoxy) is 1. The minimum Gasteiger partial charge on any atom is -0.461 e. The summed E-state index contributed by atoms with van der Waals surface area (Å²) in [5.74, 6) is -0.642. The van der Waals surface area contributed by atoms with Crippen LogP contribution in [0.2, 0.25) is 0 Å². The summed E-state index contributed by atoms with van der Waals surface area (Å²) in [6, 6.07) is 1.33. The van der Waals surface area contributed by atoms with Gasteiger partial charge in [-0.25, -0.2) is 4.79 Å². The molecule has 0 bridgehead atoms. The van der Waals surface area contributed by atoms with Crippen LogP contribution >= 0.6 is 0 Å². The van der Waals surface area contributed by atoms with E-state index in [-0.39, 0.29) is 0 Å². The van der Waals surface area contributed by atoms with E-state index in [2.05, 4.69) is 0 Å². The van der Waals surface area contributed by atoms with Crippen molar-refractivity contribution in [3.8, 4) is 0 Å². The monoisotopic (exact) mass is 350 g/mol. The first-order valence-electron chi connectivity index (χ1n) is 8.59. The third kappa shape index (κ3) is 1.76. The van der Waals surface area contributed by atoms with Gasteiger partial charge in [-0.2, -0.15) is 0 Å². The van der Waals surface area contributed by atoms with Gasteiger partial charge in [-0.1, -0.05) is 13.8 Å². The summed E-state index contributed by atoms with van der Waals surface area (Å²) >= 11 is 0. The first kappa shape index (κ1) is 16.8. The second-order valence-electron chi connectivity index (χ2n) is 7.81. The van der Waals surface area contributed by atoms with Gasteiger partial charge in [0.1, 0.15) is 23.4 Å². The van der Waals surface area contributed by atoms with Gasteiger partial charge in [-0.15, -0.1) is 0 Å². The Labute approximate surface area is 144 Å². The molecular formula is C18H22O7. The Balaban J connectivity index is 2.04. The van der Waals surface area contributed by atoms with Crippen molar-refractivity contribution in [3.05, 3.63) is 33.4 Å². The van der Waals surface area contributed by atoms with E-state index in [1.807, 2.05) is 6.92 Å². The van der Waals surface area contributed by atoms with Crippen molar-refractivity contribution in [2.75, 3.05) is 0 Å². The molecule has 7 atom stereocenters. The molecule has 2 fully saturated rings. The molecule has 1 aromatic rings. The molecule has 0 amide bonds. The van der Waals surface area contributed by atoms with Crippen molar-refractivity contribution in [2.45, 2.75) is 63.4 Å². The minimum atomic E-state index is -1.53. The Morgan fingerprint density at radius 1 is 1.16 bits per heavy atom. The second-order valence-corrected chi connectivity index (χ2v) is 7.81. The Morgan fingerprint density at radius 2 is 1.80 bits per heavy atom. The van der Waals surface area contributed by atoms with Crippen molar-refractivity contribution >= 4 is 5.97 Å². The highest BCUT2D eigenvalue weighted by atomic mass is 16.6. The standard InChI is InChI=1S/C18H22O7/c1-4-9-7-5-10-13-17(2,8(7)6-11(19)24-9)14(21)12(20)15(22)18(13,3)16(23)25-10/h6,10,12-15,20-22H,4-5H2,1-3H3/t10-,12?,13-,14?,15?,17-,18-/m1/s1. The van der Waals surface area contributed by atoms with Crippen LogP contribution in [-0.4, -0.2) is 45.7 Å². The summed E-state index contributed by atoms with van der Waals surface area (Å²) in [6.45, 7) is 5.14. The number of esters is 1. The quantitative estimate of drug-likeness (QED) is 0.593. The van der Waals surface area contributed by atoms with Crippen LogP contribution in [0.5, 0.6) is 0 Å². The highest BCUT2D eigenvalue weighted by Gasteiger charge is 2.73. The third-order valence-electron chi connectivity index (χ3n) is 6.69. The second kappa shape index (κ2) is 4.93. The normalized spacial score (nSPS) is 44.9. The van der Waals surface area contributed by atoms with Crippen molar-refractivity contribution in [1.82, 2.24) is 0 Å². The number of hydrogen-bond donors (Lipinski definition) is 3. The lowest BCUT2D eigenvalue weighted by Gasteiger charge is -2.56. The predicted molar refractivity (Wildman–Crippen MR) is 84.9 cm³/mol.